The first kappa shape index (κ1) is 18.5. The summed E-state index contributed by atoms with van der Waals surface area (Å²) in [5.41, 5.74) is 2.74. The molecule has 0 bridgehead atoms. The minimum atomic E-state index is -0.0545. The summed E-state index contributed by atoms with van der Waals surface area (Å²) in [5, 5.41) is 0. The van der Waals surface area contributed by atoms with E-state index in [-0.39, 0.29) is 5.91 Å². The Bertz CT molecular complexity index is 865. The Morgan fingerprint density at radius 1 is 0.929 bits per heavy atom. The van der Waals surface area contributed by atoms with Crippen LogP contribution in [-0.2, 0) is 13.0 Å². The van der Waals surface area contributed by atoms with Gasteiger partial charge in [-0.3, -0.25) is 4.79 Å². The van der Waals surface area contributed by atoms with E-state index in [2.05, 4.69) is 14.9 Å². The van der Waals surface area contributed by atoms with Gasteiger partial charge >= 0.3 is 0 Å². The summed E-state index contributed by atoms with van der Waals surface area (Å²) in [6.07, 6.45) is 5.88. The molecule has 148 valence electrons. The summed E-state index contributed by atoms with van der Waals surface area (Å²) in [5.74, 6) is 2.20. The minimum Gasteiger partial charge on any atom is -0.493 e. The molecule has 0 aliphatic carbocycles. The lowest BCUT2D eigenvalue weighted by atomic mass is 9.98. The van der Waals surface area contributed by atoms with Crippen LogP contribution in [0, 0.1) is 0 Å². The number of fused-ring (bicyclic) bond motifs is 1. The highest BCUT2D eigenvalue weighted by Crippen LogP contribution is 2.33. The fourth-order valence-electron chi connectivity index (χ4n) is 3.98. The van der Waals surface area contributed by atoms with Gasteiger partial charge in [0.05, 0.1) is 14.2 Å². The van der Waals surface area contributed by atoms with Crippen molar-refractivity contribution < 1.29 is 14.3 Å². The first-order valence-corrected chi connectivity index (χ1v) is 9.79. The van der Waals surface area contributed by atoms with Crippen LogP contribution < -0.4 is 14.4 Å². The number of nitrogens with zero attached hydrogens (tertiary/aromatic N) is 4. The number of benzene rings is 1. The highest BCUT2D eigenvalue weighted by Gasteiger charge is 2.25. The van der Waals surface area contributed by atoms with Gasteiger partial charge in [0.15, 0.2) is 11.5 Å². The second-order valence-corrected chi connectivity index (χ2v) is 7.26. The molecule has 1 amide bonds. The van der Waals surface area contributed by atoms with E-state index < -0.39 is 0 Å². The highest BCUT2D eigenvalue weighted by atomic mass is 16.5. The van der Waals surface area contributed by atoms with Crippen molar-refractivity contribution in [3.63, 3.8) is 0 Å². The highest BCUT2D eigenvalue weighted by molar-refractivity contribution is 5.93. The Kier molecular flexibility index (Phi) is 5.32. The van der Waals surface area contributed by atoms with Crippen LogP contribution in [0.1, 0.15) is 40.9 Å². The number of carbonyl (C=O) groups is 1. The molecule has 1 aromatic carbocycles. The van der Waals surface area contributed by atoms with E-state index in [0.717, 1.165) is 36.6 Å². The molecule has 2 aliphatic heterocycles. The summed E-state index contributed by atoms with van der Waals surface area (Å²) in [4.78, 5) is 25.8. The molecule has 0 spiro atoms. The van der Waals surface area contributed by atoms with Gasteiger partial charge in [0.2, 0.25) is 0 Å². The van der Waals surface area contributed by atoms with Crippen LogP contribution in [0.2, 0.25) is 0 Å². The number of methoxy groups -OCH3 is 2. The molecule has 28 heavy (non-hydrogen) atoms. The monoisotopic (exact) mass is 382 g/mol. The maximum absolute atomic E-state index is 13.1. The smallest absolute Gasteiger partial charge is 0.272 e. The predicted octanol–water partition coefficient (Wildman–Crippen LogP) is 2.68. The van der Waals surface area contributed by atoms with Gasteiger partial charge < -0.3 is 19.3 Å². The summed E-state index contributed by atoms with van der Waals surface area (Å²) in [7, 11) is 3.26. The Labute approximate surface area is 165 Å². The summed E-state index contributed by atoms with van der Waals surface area (Å²) >= 11 is 0. The van der Waals surface area contributed by atoms with Crippen molar-refractivity contribution in [2.24, 2.45) is 0 Å². The van der Waals surface area contributed by atoms with Gasteiger partial charge in [-0.1, -0.05) is 0 Å². The number of carbonyl (C=O) groups excluding carboxylic acids is 1. The largest absolute Gasteiger partial charge is 0.493 e. The number of piperidine rings is 1. The normalized spacial score (nSPS) is 16.5. The second kappa shape index (κ2) is 8.04. The van der Waals surface area contributed by atoms with Gasteiger partial charge in [0.1, 0.15) is 17.8 Å². The molecule has 0 saturated carbocycles. The van der Waals surface area contributed by atoms with Crippen LogP contribution in [0.25, 0.3) is 0 Å². The number of ether oxygens (including phenoxy) is 2. The fourth-order valence-corrected chi connectivity index (χ4v) is 3.98. The maximum Gasteiger partial charge on any atom is 0.272 e. The van der Waals surface area contributed by atoms with Gasteiger partial charge in [-0.25, -0.2) is 9.97 Å². The van der Waals surface area contributed by atoms with Crippen LogP contribution in [-0.4, -0.2) is 54.6 Å². The number of aromatic nitrogens is 2. The molecule has 0 unspecified atom stereocenters. The van der Waals surface area contributed by atoms with Crippen molar-refractivity contribution in [1.29, 1.82) is 0 Å². The molecule has 0 N–H and O–H groups in total. The van der Waals surface area contributed by atoms with Gasteiger partial charge in [0, 0.05) is 32.2 Å². The quantitative estimate of drug-likeness (QED) is 0.810. The van der Waals surface area contributed by atoms with Gasteiger partial charge in [0.25, 0.3) is 5.91 Å². The SMILES string of the molecule is COc1cc2c(cc1OC)CN(C(=O)c1cc(N3CCCCC3)ncn1)CC2. The first-order valence-electron chi connectivity index (χ1n) is 9.79. The topological polar surface area (TPSA) is 67.8 Å². The van der Waals surface area contributed by atoms with Gasteiger partial charge in [-0.05, 0) is 48.9 Å². The molecular weight excluding hydrogens is 356 g/mol. The van der Waals surface area contributed by atoms with Crippen LogP contribution in [0.5, 0.6) is 11.5 Å². The Morgan fingerprint density at radius 2 is 1.64 bits per heavy atom. The fraction of sp³-hybridized carbons (Fsp3) is 0.476. The van der Waals surface area contributed by atoms with Crippen molar-refractivity contribution in [1.82, 2.24) is 14.9 Å². The third-order valence-electron chi connectivity index (χ3n) is 5.56. The van der Waals surface area contributed by atoms with Crippen molar-refractivity contribution in [2.45, 2.75) is 32.2 Å². The lowest BCUT2D eigenvalue weighted by Gasteiger charge is -2.30. The van der Waals surface area contributed by atoms with Crippen LogP contribution >= 0.6 is 0 Å². The molecule has 1 fully saturated rings. The zero-order valence-corrected chi connectivity index (χ0v) is 16.5. The molecule has 7 heteroatoms. The molecule has 1 saturated heterocycles. The lowest BCUT2D eigenvalue weighted by molar-refractivity contribution is 0.0728. The summed E-state index contributed by atoms with van der Waals surface area (Å²) < 4.78 is 10.8. The van der Waals surface area contributed by atoms with E-state index in [4.69, 9.17) is 9.47 Å². The van der Waals surface area contributed by atoms with Crippen LogP contribution in [0.15, 0.2) is 24.5 Å². The zero-order chi connectivity index (χ0) is 19.5. The molecular formula is C21H26N4O3. The van der Waals surface area contributed by atoms with Gasteiger partial charge in [-0.2, -0.15) is 0 Å². The van der Waals surface area contributed by atoms with Crippen LogP contribution in [0.4, 0.5) is 5.82 Å². The van der Waals surface area contributed by atoms with Crippen molar-refractivity contribution in [2.75, 3.05) is 38.8 Å². The van der Waals surface area contributed by atoms with E-state index in [0.29, 0.717) is 24.5 Å². The molecule has 0 radical (unpaired) electrons. The maximum atomic E-state index is 13.1. The average molecular weight is 382 g/mol. The Hall–Kier alpha value is -2.83. The third kappa shape index (κ3) is 3.61. The molecule has 4 rings (SSSR count). The van der Waals surface area contributed by atoms with E-state index in [9.17, 15) is 4.79 Å². The lowest BCUT2D eigenvalue weighted by Crippen LogP contribution is -2.37. The van der Waals surface area contributed by atoms with E-state index in [1.165, 1.54) is 31.2 Å². The second-order valence-electron chi connectivity index (χ2n) is 7.26. The standard InChI is InChI=1S/C21H26N4O3/c1-27-18-10-15-6-9-25(13-16(15)11-19(18)28-2)21(26)17-12-20(23-14-22-17)24-7-4-3-5-8-24/h10-12,14H,3-9,13H2,1-2H3. The van der Waals surface area contributed by atoms with Crippen molar-refractivity contribution >= 4 is 11.7 Å². The average Bonchev–Trinajstić information content (AvgIpc) is 2.77. The molecule has 7 nitrogen and oxygen atoms in total. The first-order chi connectivity index (χ1) is 13.7. The number of hydrogen-bond donors (Lipinski definition) is 0. The van der Waals surface area contributed by atoms with Crippen molar-refractivity contribution in [3.8, 4) is 11.5 Å². The predicted molar refractivity (Wildman–Crippen MR) is 106 cm³/mol. The third-order valence-corrected chi connectivity index (χ3v) is 5.56. The number of hydrogen-bond acceptors (Lipinski definition) is 6. The van der Waals surface area contributed by atoms with E-state index in [1.54, 1.807) is 14.2 Å². The molecule has 1 aromatic heterocycles. The summed E-state index contributed by atoms with van der Waals surface area (Å²) in [6.45, 7) is 3.18. The summed E-state index contributed by atoms with van der Waals surface area (Å²) in [6, 6.07) is 5.81. The Balaban J connectivity index is 1.53. The van der Waals surface area contributed by atoms with Crippen LogP contribution in [0.3, 0.4) is 0 Å². The van der Waals surface area contributed by atoms with Gasteiger partial charge in [-0.15, -0.1) is 0 Å². The molecule has 3 heterocycles. The molecule has 2 aliphatic rings. The molecule has 2 aromatic rings. The number of rotatable bonds is 4. The number of anilines is 1. The zero-order valence-electron chi connectivity index (χ0n) is 16.5. The minimum absolute atomic E-state index is 0.0545. The van der Waals surface area contributed by atoms with Crippen molar-refractivity contribution in [3.05, 3.63) is 41.3 Å². The number of amides is 1. The molecule has 0 atom stereocenters. The van der Waals surface area contributed by atoms with E-state index in [1.807, 2.05) is 23.1 Å². The Morgan fingerprint density at radius 3 is 2.36 bits per heavy atom. The van der Waals surface area contributed by atoms with E-state index >= 15 is 0 Å².